The van der Waals surface area contributed by atoms with Gasteiger partial charge < -0.3 is 15.2 Å². The van der Waals surface area contributed by atoms with Crippen LogP contribution in [0.3, 0.4) is 0 Å². The van der Waals surface area contributed by atoms with Gasteiger partial charge in [-0.15, -0.1) is 0 Å². The van der Waals surface area contributed by atoms with E-state index in [-0.39, 0.29) is 30.6 Å². The Morgan fingerprint density at radius 1 is 1.14 bits per heavy atom. The molecule has 3 N–H and O–H groups in total. The largest absolute Gasteiger partial charge is 0.396 e. The number of amides is 4. The second kappa shape index (κ2) is 8.94. The number of nitrogens with zero attached hydrogens (tertiary/aromatic N) is 1. The normalized spacial score (nSPS) is 19.0. The molecule has 1 saturated heterocycles. The fourth-order valence-corrected chi connectivity index (χ4v) is 3.33. The van der Waals surface area contributed by atoms with E-state index < -0.39 is 29.7 Å². The van der Waals surface area contributed by atoms with Crippen LogP contribution in [0.15, 0.2) is 18.2 Å². The first-order valence-electron chi connectivity index (χ1n) is 9.31. The van der Waals surface area contributed by atoms with E-state index in [1.54, 1.807) is 18.2 Å². The Kier molecular flexibility index (Phi) is 6.37. The highest BCUT2D eigenvalue weighted by Gasteiger charge is 2.45. The molecule has 1 aromatic carbocycles. The van der Waals surface area contributed by atoms with E-state index in [2.05, 4.69) is 10.6 Å². The molecule has 0 spiro atoms. The number of hydrogen-bond acceptors (Lipinski definition) is 7. The van der Waals surface area contributed by atoms with Crippen LogP contribution in [0.1, 0.15) is 46.4 Å². The number of benzene rings is 1. The summed E-state index contributed by atoms with van der Waals surface area (Å²) in [6.07, 6.45) is 1.50. The minimum atomic E-state index is -0.974. The van der Waals surface area contributed by atoms with Crippen molar-refractivity contribution in [1.29, 1.82) is 0 Å². The van der Waals surface area contributed by atoms with Crippen molar-refractivity contribution >= 4 is 29.3 Å². The topological polar surface area (TPSA) is 125 Å². The molecule has 28 heavy (non-hydrogen) atoms. The number of anilines is 1. The number of aliphatic hydroxyl groups is 1. The van der Waals surface area contributed by atoms with Gasteiger partial charge in [0.05, 0.1) is 11.1 Å². The van der Waals surface area contributed by atoms with Crippen LogP contribution in [0, 0.1) is 0 Å². The van der Waals surface area contributed by atoms with Gasteiger partial charge >= 0.3 is 0 Å². The van der Waals surface area contributed by atoms with E-state index in [1.165, 1.54) is 0 Å². The molecule has 0 saturated carbocycles. The predicted octanol–water partition coefficient (Wildman–Crippen LogP) is 0.289. The molecule has 4 amide bonds. The zero-order chi connectivity index (χ0) is 20.1. The van der Waals surface area contributed by atoms with Gasteiger partial charge in [0.1, 0.15) is 6.04 Å². The smallest absolute Gasteiger partial charge is 0.264 e. The Labute approximate surface area is 162 Å². The Balaban J connectivity index is 1.66. The number of ether oxygens (including phenoxy) is 1. The molecule has 0 radical (unpaired) electrons. The highest BCUT2D eigenvalue weighted by atomic mass is 16.5. The molecular formula is C19H23N3O6. The van der Waals surface area contributed by atoms with Crippen LogP contribution >= 0.6 is 0 Å². The minimum Gasteiger partial charge on any atom is -0.396 e. The number of carbonyl (C=O) groups is 4. The van der Waals surface area contributed by atoms with Crippen molar-refractivity contribution < 1.29 is 29.0 Å². The SMILES string of the molecule is O=C1CCC(N2C(=O)c3cccc(NCCCOCCCO)c3C2=O)C(=O)N1. The van der Waals surface area contributed by atoms with Gasteiger partial charge in [-0.05, 0) is 31.4 Å². The molecule has 2 aliphatic rings. The van der Waals surface area contributed by atoms with Gasteiger partial charge in [-0.1, -0.05) is 6.07 Å². The monoisotopic (exact) mass is 389 g/mol. The number of aliphatic hydroxyl groups excluding tert-OH is 1. The molecule has 2 heterocycles. The molecule has 2 aliphatic heterocycles. The molecule has 1 atom stereocenters. The Morgan fingerprint density at radius 2 is 1.93 bits per heavy atom. The summed E-state index contributed by atoms with van der Waals surface area (Å²) in [5.74, 6) is -2.08. The van der Waals surface area contributed by atoms with Crippen molar-refractivity contribution in [2.24, 2.45) is 0 Å². The van der Waals surface area contributed by atoms with Gasteiger partial charge in [-0.2, -0.15) is 0 Å². The fraction of sp³-hybridized carbons (Fsp3) is 0.474. The number of piperidine rings is 1. The lowest BCUT2D eigenvalue weighted by Crippen LogP contribution is -2.54. The van der Waals surface area contributed by atoms with Gasteiger partial charge in [0, 0.05) is 38.5 Å². The van der Waals surface area contributed by atoms with Gasteiger partial charge in [-0.3, -0.25) is 29.4 Å². The van der Waals surface area contributed by atoms with E-state index in [0.29, 0.717) is 38.3 Å². The van der Waals surface area contributed by atoms with Gasteiger partial charge in [-0.25, -0.2) is 0 Å². The van der Waals surface area contributed by atoms with Gasteiger partial charge in [0.2, 0.25) is 11.8 Å². The molecule has 1 aromatic rings. The molecule has 0 aliphatic carbocycles. The van der Waals surface area contributed by atoms with Crippen LogP contribution in [0.2, 0.25) is 0 Å². The molecule has 1 fully saturated rings. The van der Waals surface area contributed by atoms with E-state index >= 15 is 0 Å². The second-order valence-electron chi connectivity index (χ2n) is 6.65. The summed E-state index contributed by atoms with van der Waals surface area (Å²) >= 11 is 0. The standard InChI is InChI=1S/C19H23N3O6/c23-9-3-11-28-10-2-8-20-13-5-1-4-12-16(13)19(27)22(18(12)26)14-6-7-15(24)21-17(14)25/h1,4-5,14,20,23H,2-3,6-11H2,(H,21,24,25). The molecule has 3 rings (SSSR count). The van der Waals surface area contributed by atoms with Crippen LogP contribution in [-0.4, -0.2) is 66.0 Å². The van der Waals surface area contributed by atoms with Crippen LogP contribution in [0.4, 0.5) is 5.69 Å². The van der Waals surface area contributed by atoms with Crippen LogP contribution in [0.25, 0.3) is 0 Å². The first kappa shape index (κ1) is 20.0. The zero-order valence-corrected chi connectivity index (χ0v) is 15.4. The van der Waals surface area contributed by atoms with E-state index in [9.17, 15) is 19.2 Å². The maximum Gasteiger partial charge on any atom is 0.264 e. The third-order valence-corrected chi connectivity index (χ3v) is 4.70. The summed E-state index contributed by atoms with van der Waals surface area (Å²) in [6.45, 7) is 1.63. The molecule has 9 heteroatoms. The lowest BCUT2D eigenvalue weighted by Gasteiger charge is -2.27. The fourth-order valence-electron chi connectivity index (χ4n) is 3.33. The van der Waals surface area contributed by atoms with Gasteiger partial charge in [0.25, 0.3) is 11.8 Å². The lowest BCUT2D eigenvalue weighted by atomic mass is 10.0. The highest BCUT2D eigenvalue weighted by Crippen LogP contribution is 2.32. The third kappa shape index (κ3) is 4.05. The van der Waals surface area contributed by atoms with Crippen molar-refractivity contribution in [3.8, 4) is 0 Å². The first-order valence-corrected chi connectivity index (χ1v) is 9.31. The summed E-state index contributed by atoms with van der Waals surface area (Å²) in [5, 5.41) is 14.0. The third-order valence-electron chi connectivity index (χ3n) is 4.70. The van der Waals surface area contributed by atoms with Crippen molar-refractivity contribution in [2.75, 3.05) is 31.7 Å². The molecular weight excluding hydrogens is 366 g/mol. The summed E-state index contributed by atoms with van der Waals surface area (Å²) < 4.78 is 5.36. The molecule has 150 valence electrons. The van der Waals surface area contributed by atoms with Crippen molar-refractivity contribution in [3.63, 3.8) is 0 Å². The number of nitrogens with one attached hydrogen (secondary N) is 2. The maximum absolute atomic E-state index is 12.9. The average molecular weight is 389 g/mol. The van der Waals surface area contributed by atoms with E-state index in [4.69, 9.17) is 9.84 Å². The summed E-state index contributed by atoms with van der Waals surface area (Å²) in [7, 11) is 0. The van der Waals surface area contributed by atoms with Crippen LogP contribution in [-0.2, 0) is 14.3 Å². The lowest BCUT2D eigenvalue weighted by molar-refractivity contribution is -0.136. The molecule has 0 bridgehead atoms. The molecule has 9 nitrogen and oxygen atoms in total. The second-order valence-corrected chi connectivity index (χ2v) is 6.65. The first-order chi connectivity index (χ1) is 13.5. The number of rotatable bonds is 9. The Bertz CT molecular complexity index is 794. The van der Waals surface area contributed by atoms with Crippen LogP contribution < -0.4 is 10.6 Å². The summed E-state index contributed by atoms with van der Waals surface area (Å²) in [5.41, 5.74) is 1.03. The van der Waals surface area contributed by atoms with Crippen molar-refractivity contribution in [3.05, 3.63) is 29.3 Å². The minimum absolute atomic E-state index is 0.0885. The number of imide groups is 2. The number of hydrogen-bond donors (Lipinski definition) is 3. The van der Waals surface area contributed by atoms with Crippen molar-refractivity contribution in [2.45, 2.75) is 31.7 Å². The molecule has 1 unspecified atom stereocenters. The quantitative estimate of drug-likeness (QED) is 0.409. The van der Waals surface area contributed by atoms with Crippen LogP contribution in [0.5, 0.6) is 0 Å². The van der Waals surface area contributed by atoms with Gasteiger partial charge in [0.15, 0.2) is 0 Å². The van der Waals surface area contributed by atoms with E-state index in [0.717, 1.165) is 4.90 Å². The van der Waals surface area contributed by atoms with E-state index in [1.807, 2.05) is 0 Å². The highest BCUT2D eigenvalue weighted by molar-refractivity contribution is 6.25. The number of fused-ring (bicyclic) bond motifs is 1. The van der Waals surface area contributed by atoms with Crippen molar-refractivity contribution in [1.82, 2.24) is 10.2 Å². The predicted molar refractivity (Wildman–Crippen MR) is 98.7 cm³/mol. The Hall–Kier alpha value is -2.78. The molecule has 0 aromatic heterocycles. The summed E-state index contributed by atoms with van der Waals surface area (Å²) in [4.78, 5) is 50.1. The zero-order valence-electron chi connectivity index (χ0n) is 15.4. The maximum atomic E-state index is 12.9. The Morgan fingerprint density at radius 3 is 2.68 bits per heavy atom. The summed E-state index contributed by atoms with van der Waals surface area (Å²) in [6, 6.07) is 3.98. The average Bonchev–Trinajstić information content (AvgIpc) is 2.93. The number of carbonyl (C=O) groups excluding carboxylic acids is 4.